The second-order valence-electron chi connectivity index (χ2n) is 9.36. The SMILES string of the molecule is CN(Cc1ccc2c(n1)NCCC2)C(=O)C1=CCC2(C)NC(CC(=O)O)C(=O)N(C)CC2=C1. The van der Waals surface area contributed by atoms with E-state index in [4.69, 9.17) is 0 Å². The summed E-state index contributed by atoms with van der Waals surface area (Å²) in [6, 6.07) is 3.24. The van der Waals surface area contributed by atoms with Crippen molar-refractivity contribution in [2.45, 2.75) is 50.7 Å². The average Bonchev–Trinajstić information content (AvgIpc) is 2.87. The van der Waals surface area contributed by atoms with Gasteiger partial charge in [0.15, 0.2) is 0 Å². The summed E-state index contributed by atoms with van der Waals surface area (Å²) in [5.41, 5.74) is 2.90. The number of anilines is 1. The van der Waals surface area contributed by atoms with Crippen LogP contribution in [0.5, 0.6) is 0 Å². The van der Waals surface area contributed by atoms with E-state index in [1.807, 2.05) is 25.1 Å². The number of carbonyl (C=O) groups excluding carboxylic acids is 2. The zero-order valence-corrected chi connectivity index (χ0v) is 19.4. The predicted molar refractivity (Wildman–Crippen MR) is 124 cm³/mol. The highest BCUT2D eigenvalue weighted by Crippen LogP contribution is 2.32. The van der Waals surface area contributed by atoms with Crippen LogP contribution in [0.1, 0.15) is 37.4 Å². The molecule has 1 saturated heterocycles. The van der Waals surface area contributed by atoms with E-state index in [0.29, 0.717) is 25.1 Å². The lowest BCUT2D eigenvalue weighted by molar-refractivity contribution is -0.142. The van der Waals surface area contributed by atoms with Crippen molar-refractivity contribution in [1.29, 1.82) is 0 Å². The summed E-state index contributed by atoms with van der Waals surface area (Å²) in [4.78, 5) is 45.0. The number of carboxylic acids is 1. The molecule has 9 heteroatoms. The molecular weight excluding hydrogens is 422 g/mol. The normalized spacial score (nSPS) is 24.5. The van der Waals surface area contributed by atoms with Crippen molar-refractivity contribution in [2.24, 2.45) is 0 Å². The van der Waals surface area contributed by atoms with Crippen LogP contribution in [0.3, 0.4) is 0 Å². The number of rotatable bonds is 5. The minimum absolute atomic E-state index is 0.114. The average molecular weight is 454 g/mol. The Morgan fingerprint density at radius 3 is 2.91 bits per heavy atom. The summed E-state index contributed by atoms with van der Waals surface area (Å²) in [7, 11) is 3.42. The number of carbonyl (C=O) groups is 3. The predicted octanol–water partition coefficient (Wildman–Crippen LogP) is 1.32. The van der Waals surface area contributed by atoms with Crippen LogP contribution in [0.15, 0.2) is 35.4 Å². The lowest BCUT2D eigenvalue weighted by atomic mass is 9.81. The Hall–Kier alpha value is -3.20. The molecule has 0 aromatic carbocycles. The van der Waals surface area contributed by atoms with Crippen molar-refractivity contribution in [3.63, 3.8) is 0 Å². The van der Waals surface area contributed by atoms with Gasteiger partial charge in [0, 0.05) is 38.3 Å². The quantitative estimate of drug-likeness (QED) is 0.616. The fourth-order valence-corrected chi connectivity index (χ4v) is 4.72. The summed E-state index contributed by atoms with van der Waals surface area (Å²) >= 11 is 0. The van der Waals surface area contributed by atoms with E-state index >= 15 is 0 Å². The van der Waals surface area contributed by atoms with E-state index in [9.17, 15) is 19.5 Å². The van der Waals surface area contributed by atoms with Gasteiger partial charge < -0.3 is 20.2 Å². The van der Waals surface area contributed by atoms with Gasteiger partial charge in [-0.15, -0.1) is 0 Å². The summed E-state index contributed by atoms with van der Waals surface area (Å²) in [5.74, 6) is -0.494. The molecule has 1 aromatic rings. The van der Waals surface area contributed by atoms with Gasteiger partial charge >= 0.3 is 5.97 Å². The van der Waals surface area contributed by atoms with E-state index in [-0.39, 0.29) is 18.2 Å². The van der Waals surface area contributed by atoms with Gasteiger partial charge in [-0.3, -0.25) is 19.7 Å². The van der Waals surface area contributed by atoms with Crippen molar-refractivity contribution < 1.29 is 19.5 Å². The maximum absolute atomic E-state index is 13.2. The minimum atomic E-state index is -1.03. The van der Waals surface area contributed by atoms with Crippen LogP contribution in [-0.2, 0) is 27.3 Å². The minimum Gasteiger partial charge on any atom is -0.481 e. The molecule has 0 spiro atoms. The molecular formula is C24H31N5O4. The molecule has 2 atom stereocenters. The second kappa shape index (κ2) is 8.97. The van der Waals surface area contributed by atoms with Gasteiger partial charge in [-0.25, -0.2) is 4.98 Å². The number of hydrogen-bond donors (Lipinski definition) is 3. The van der Waals surface area contributed by atoms with Crippen LogP contribution < -0.4 is 10.6 Å². The number of aliphatic carboxylic acids is 1. The fraction of sp³-hybridized carbons (Fsp3) is 0.500. The number of pyridine rings is 1. The Balaban J connectivity index is 1.49. The number of aryl methyl sites for hydroxylation is 1. The van der Waals surface area contributed by atoms with Gasteiger partial charge in [0.1, 0.15) is 5.82 Å². The van der Waals surface area contributed by atoms with E-state index in [2.05, 4.69) is 21.7 Å². The molecule has 33 heavy (non-hydrogen) atoms. The summed E-state index contributed by atoms with van der Waals surface area (Å²) < 4.78 is 0. The molecule has 2 aliphatic heterocycles. The van der Waals surface area contributed by atoms with Crippen molar-refractivity contribution >= 4 is 23.6 Å². The number of carboxylic acid groups (broad SMARTS) is 1. The molecule has 0 radical (unpaired) electrons. The zero-order valence-electron chi connectivity index (χ0n) is 19.4. The molecule has 1 aliphatic carbocycles. The van der Waals surface area contributed by atoms with E-state index < -0.39 is 17.6 Å². The van der Waals surface area contributed by atoms with E-state index in [0.717, 1.165) is 36.5 Å². The van der Waals surface area contributed by atoms with Crippen LogP contribution in [0.25, 0.3) is 0 Å². The third-order valence-electron chi connectivity index (χ3n) is 6.67. The van der Waals surface area contributed by atoms with Crippen molar-refractivity contribution in [2.75, 3.05) is 32.5 Å². The Kier molecular flexibility index (Phi) is 6.25. The first kappa shape index (κ1) is 23.0. The fourth-order valence-electron chi connectivity index (χ4n) is 4.72. The van der Waals surface area contributed by atoms with Crippen LogP contribution in [-0.4, -0.2) is 76.4 Å². The summed E-state index contributed by atoms with van der Waals surface area (Å²) in [6.07, 6.45) is 6.02. The van der Waals surface area contributed by atoms with Gasteiger partial charge in [0.25, 0.3) is 5.91 Å². The van der Waals surface area contributed by atoms with Crippen LogP contribution in [0.4, 0.5) is 5.82 Å². The summed E-state index contributed by atoms with van der Waals surface area (Å²) in [6.45, 7) is 3.59. The molecule has 2 amide bonds. The maximum atomic E-state index is 13.2. The van der Waals surface area contributed by atoms with E-state index in [1.165, 1.54) is 10.5 Å². The topological polar surface area (TPSA) is 115 Å². The van der Waals surface area contributed by atoms with Gasteiger partial charge in [-0.1, -0.05) is 12.1 Å². The summed E-state index contributed by atoms with van der Waals surface area (Å²) in [5, 5.41) is 15.8. The first-order chi connectivity index (χ1) is 15.7. The molecule has 3 aliphatic rings. The van der Waals surface area contributed by atoms with Crippen molar-refractivity contribution in [1.82, 2.24) is 20.1 Å². The highest BCUT2D eigenvalue weighted by molar-refractivity contribution is 5.97. The zero-order chi connectivity index (χ0) is 23.8. The monoisotopic (exact) mass is 453 g/mol. The Morgan fingerprint density at radius 2 is 2.15 bits per heavy atom. The molecule has 176 valence electrons. The highest BCUT2D eigenvalue weighted by atomic mass is 16.4. The molecule has 1 aromatic heterocycles. The standard InChI is InChI=1S/C24H31N5O4/c1-24-9-8-16(11-17(24)13-28(2)23(33)19(27-24)12-20(30)31)22(32)29(3)14-18-7-6-15-5-4-10-25-21(15)26-18/h6-8,11,19,27H,4-5,9-10,12-14H2,1-3H3,(H,25,26)(H,30,31). The smallest absolute Gasteiger partial charge is 0.305 e. The van der Waals surface area contributed by atoms with Crippen molar-refractivity contribution in [3.05, 3.63) is 46.7 Å². The number of hydrogen-bond acceptors (Lipinski definition) is 6. The Morgan fingerprint density at radius 1 is 1.36 bits per heavy atom. The molecule has 2 unspecified atom stereocenters. The number of aromatic nitrogens is 1. The van der Waals surface area contributed by atoms with Crippen LogP contribution in [0.2, 0.25) is 0 Å². The first-order valence-electron chi connectivity index (χ1n) is 11.3. The number of fused-ring (bicyclic) bond motifs is 2. The number of likely N-dealkylation sites (N-methyl/N-ethyl adjacent to an activating group) is 2. The molecule has 3 N–H and O–H groups in total. The first-order valence-corrected chi connectivity index (χ1v) is 11.3. The molecule has 1 fully saturated rings. The van der Waals surface area contributed by atoms with Gasteiger partial charge in [-0.2, -0.15) is 0 Å². The van der Waals surface area contributed by atoms with Crippen LogP contribution in [0, 0.1) is 0 Å². The lowest BCUT2D eigenvalue weighted by Crippen LogP contribution is -2.52. The number of amides is 2. The van der Waals surface area contributed by atoms with Crippen LogP contribution >= 0.6 is 0 Å². The lowest BCUT2D eigenvalue weighted by Gasteiger charge is -2.36. The molecule has 3 heterocycles. The molecule has 9 nitrogen and oxygen atoms in total. The third-order valence-corrected chi connectivity index (χ3v) is 6.67. The second-order valence-corrected chi connectivity index (χ2v) is 9.36. The van der Waals surface area contributed by atoms with Gasteiger partial charge in [-0.05, 0) is 49.5 Å². The molecule has 0 bridgehead atoms. The number of nitrogens with zero attached hydrogens (tertiary/aromatic N) is 3. The third kappa shape index (κ3) is 4.78. The van der Waals surface area contributed by atoms with Gasteiger partial charge in [0.05, 0.1) is 24.7 Å². The molecule has 4 rings (SSSR count). The molecule has 0 saturated carbocycles. The Bertz CT molecular complexity index is 1050. The Labute approximate surface area is 193 Å². The number of nitrogens with one attached hydrogen (secondary N) is 2. The van der Waals surface area contributed by atoms with Gasteiger partial charge in [0.2, 0.25) is 5.91 Å². The highest BCUT2D eigenvalue weighted by Gasteiger charge is 2.41. The van der Waals surface area contributed by atoms with E-state index in [1.54, 1.807) is 19.0 Å². The maximum Gasteiger partial charge on any atom is 0.305 e. The largest absolute Gasteiger partial charge is 0.481 e. The van der Waals surface area contributed by atoms with Crippen molar-refractivity contribution in [3.8, 4) is 0 Å².